The van der Waals surface area contributed by atoms with Crippen LogP contribution in [0.25, 0.3) is 11.1 Å². The number of hydrogen-bond donors (Lipinski definition) is 0. The molecule has 0 spiro atoms. The molecular formula is C21H29FN2O. The second kappa shape index (κ2) is 10.8. The molecule has 0 amide bonds. The molecule has 0 saturated heterocycles. The fourth-order valence-corrected chi connectivity index (χ4v) is 2.70. The molecular weight excluding hydrogens is 315 g/mol. The number of rotatable bonds is 11. The molecule has 0 radical (unpaired) electrons. The van der Waals surface area contributed by atoms with Crippen LogP contribution in [0.1, 0.15) is 64.6 Å². The summed E-state index contributed by atoms with van der Waals surface area (Å²) in [7, 11) is 0. The summed E-state index contributed by atoms with van der Waals surface area (Å²) in [5, 5.41) is 0. The summed E-state index contributed by atoms with van der Waals surface area (Å²) < 4.78 is 18.9. The fourth-order valence-electron chi connectivity index (χ4n) is 2.70. The van der Waals surface area contributed by atoms with Crippen LogP contribution in [-0.4, -0.2) is 16.3 Å². The van der Waals surface area contributed by atoms with E-state index < -0.39 is 6.36 Å². The minimum absolute atomic E-state index is 0.403. The predicted octanol–water partition coefficient (Wildman–Crippen LogP) is 6.13. The largest absolute Gasteiger partial charge is 0.460 e. The van der Waals surface area contributed by atoms with Crippen molar-refractivity contribution in [3.8, 4) is 16.9 Å². The zero-order chi connectivity index (χ0) is 17.9. The Labute approximate surface area is 150 Å². The maximum absolute atomic E-state index is 13.6. The van der Waals surface area contributed by atoms with Gasteiger partial charge >= 0.3 is 0 Å². The van der Waals surface area contributed by atoms with E-state index in [0.29, 0.717) is 12.2 Å². The third kappa shape index (κ3) is 6.81. The Kier molecular flexibility index (Phi) is 8.36. The van der Waals surface area contributed by atoms with E-state index in [9.17, 15) is 4.39 Å². The molecule has 0 bridgehead atoms. The van der Waals surface area contributed by atoms with Crippen molar-refractivity contribution in [2.45, 2.75) is 71.6 Å². The van der Waals surface area contributed by atoms with Crippen molar-refractivity contribution in [1.82, 2.24) is 9.97 Å². The molecule has 0 N–H and O–H groups in total. The summed E-state index contributed by atoms with van der Waals surface area (Å²) in [4.78, 5) is 8.93. The Balaban J connectivity index is 1.92. The number of halogens is 1. The van der Waals surface area contributed by atoms with Gasteiger partial charge in [-0.15, -0.1) is 0 Å². The lowest BCUT2D eigenvalue weighted by Gasteiger charge is -2.11. The van der Waals surface area contributed by atoms with Gasteiger partial charge in [-0.1, -0.05) is 51.7 Å². The van der Waals surface area contributed by atoms with Crippen molar-refractivity contribution in [1.29, 1.82) is 0 Å². The van der Waals surface area contributed by atoms with Crippen LogP contribution < -0.4 is 4.74 Å². The van der Waals surface area contributed by atoms with E-state index in [0.717, 1.165) is 36.2 Å². The Morgan fingerprint density at radius 2 is 1.72 bits per heavy atom. The van der Waals surface area contributed by atoms with E-state index in [1.165, 1.54) is 25.7 Å². The molecule has 136 valence electrons. The molecule has 4 heteroatoms. The molecule has 2 aromatic rings. The van der Waals surface area contributed by atoms with Crippen LogP contribution in [0.15, 0.2) is 36.7 Å². The summed E-state index contributed by atoms with van der Waals surface area (Å²) in [5.74, 6) is 1.43. The van der Waals surface area contributed by atoms with Gasteiger partial charge in [-0.25, -0.2) is 14.4 Å². The number of aryl methyl sites for hydroxylation is 1. The first-order valence-electron chi connectivity index (χ1n) is 9.45. The molecule has 1 atom stereocenters. The van der Waals surface area contributed by atoms with Gasteiger partial charge in [0.05, 0.1) is 0 Å². The summed E-state index contributed by atoms with van der Waals surface area (Å²) in [6.07, 6.45) is 10.7. The quantitative estimate of drug-likeness (QED) is 0.460. The van der Waals surface area contributed by atoms with E-state index in [2.05, 4.69) is 16.9 Å². The Morgan fingerprint density at radius 3 is 2.44 bits per heavy atom. The second-order valence-corrected chi connectivity index (χ2v) is 6.40. The third-order valence-electron chi connectivity index (χ3n) is 4.16. The molecule has 0 aliphatic rings. The first-order chi connectivity index (χ1) is 12.2. The lowest BCUT2D eigenvalue weighted by Crippen LogP contribution is -2.09. The van der Waals surface area contributed by atoms with Crippen LogP contribution in [-0.2, 0) is 6.42 Å². The predicted molar refractivity (Wildman–Crippen MR) is 100 cm³/mol. The van der Waals surface area contributed by atoms with Crippen molar-refractivity contribution in [2.75, 3.05) is 0 Å². The molecule has 1 heterocycles. The number of hydrogen-bond acceptors (Lipinski definition) is 3. The average Bonchev–Trinajstić information content (AvgIpc) is 2.62. The molecule has 0 aliphatic carbocycles. The summed E-state index contributed by atoms with van der Waals surface area (Å²) >= 11 is 0. The van der Waals surface area contributed by atoms with E-state index in [4.69, 9.17) is 4.74 Å². The number of nitrogens with zero attached hydrogens (tertiary/aromatic N) is 2. The van der Waals surface area contributed by atoms with Crippen LogP contribution in [0, 0.1) is 0 Å². The first kappa shape index (κ1) is 19.4. The Morgan fingerprint density at radius 1 is 0.960 bits per heavy atom. The number of ether oxygens (including phenoxy) is 1. The number of alkyl halides is 1. The van der Waals surface area contributed by atoms with Gasteiger partial charge in [-0.05, 0) is 30.5 Å². The van der Waals surface area contributed by atoms with E-state index >= 15 is 0 Å². The smallest absolute Gasteiger partial charge is 0.238 e. The summed E-state index contributed by atoms with van der Waals surface area (Å²) in [6.45, 7) is 4.16. The molecule has 3 nitrogen and oxygen atoms in total. The zero-order valence-corrected chi connectivity index (χ0v) is 15.4. The monoisotopic (exact) mass is 344 g/mol. The molecule has 0 saturated carbocycles. The molecule has 25 heavy (non-hydrogen) atoms. The highest BCUT2D eigenvalue weighted by atomic mass is 19.1. The van der Waals surface area contributed by atoms with Gasteiger partial charge in [-0.2, -0.15) is 0 Å². The van der Waals surface area contributed by atoms with Gasteiger partial charge in [0.15, 0.2) is 0 Å². The number of unbranched alkanes of at least 4 members (excludes halogenated alkanes) is 4. The van der Waals surface area contributed by atoms with Crippen LogP contribution in [0.4, 0.5) is 4.39 Å². The Bertz CT molecular complexity index is 616. The van der Waals surface area contributed by atoms with Crippen molar-refractivity contribution in [2.24, 2.45) is 0 Å². The SMILES string of the molecule is CCCCCCCc1ncc(-c2cccc(OC(F)CCC)c2)cn1. The summed E-state index contributed by atoms with van der Waals surface area (Å²) in [5.41, 5.74) is 1.86. The lowest BCUT2D eigenvalue weighted by molar-refractivity contribution is 0.0589. The molecule has 1 unspecified atom stereocenters. The minimum atomic E-state index is -1.26. The highest BCUT2D eigenvalue weighted by Crippen LogP contribution is 2.24. The average molecular weight is 344 g/mol. The van der Waals surface area contributed by atoms with Gasteiger partial charge in [0, 0.05) is 30.8 Å². The molecule has 1 aromatic heterocycles. The van der Waals surface area contributed by atoms with Gasteiger partial charge in [0.1, 0.15) is 11.6 Å². The van der Waals surface area contributed by atoms with Crippen molar-refractivity contribution in [3.05, 3.63) is 42.5 Å². The topological polar surface area (TPSA) is 35.0 Å². The van der Waals surface area contributed by atoms with Crippen LogP contribution >= 0.6 is 0 Å². The standard InChI is InChI=1S/C21H29FN2O/c1-3-5-6-7-8-13-21-23-15-18(16-24-21)17-11-9-12-19(14-17)25-20(22)10-4-2/h9,11-12,14-16,20H,3-8,10,13H2,1-2H3. The van der Waals surface area contributed by atoms with Crippen molar-refractivity contribution in [3.63, 3.8) is 0 Å². The normalized spacial score (nSPS) is 12.1. The van der Waals surface area contributed by atoms with E-state index in [1.807, 2.05) is 37.5 Å². The van der Waals surface area contributed by atoms with E-state index in [1.54, 1.807) is 6.07 Å². The van der Waals surface area contributed by atoms with Crippen molar-refractivity contribution >= 4 is 0 Å². The lowest BCUT2D eigenvalue weighted by atomic mass is 10.1. The molecule has 1 aromatic carbocycles. The summed E-state index contributed by atoms with van der Waals surface area (Å²) in [6, 6.07) is 7.44. The minimum Gasteiger partial charge on any atom is -0.460 e. The third-order valence-corrected chi connectivity index (χ3v) is 4.16. The van der Waals surface area contributed by atoms with Crippen molar-refractivity contribution < 1.29 is 9.13 Å². The second-order valence-electron chi connectivity index (χ2n) is 6.40. The maximum Gasteiger partial charge on any atom is 0.238 e. The van der Waals surface area contributed by atoms with Gasteiger partial charge in [0.25, 0.3) is 0 Å². The number of aromatic nitrogens is 2. The molecule has 0 fully saturated rings. The van der Waals surface area contributed by atoms with Crippen LogP contribution in [0.3, 0.4) is 0 Å². The van der Waals surface area contributed by atoms with Crippen LogP contribution in [0.2, 0.25) is 0 Å². The van der Waals surface area contributed by atoms with Gasteiger partial charge in [-0.3, -0.25) is 0 Å². The number of benzene rings is 1. The van der Waals surface area contributed by atoms with Gasteiger partial charge in [0.2, 0.25) is 6.36 Å². The Hall–Kier alpha value is -1.97. The van der Waals surface area contributed by atoms with Crippen LogP contribution in [0.5, 0.6) is 5.75 Å². The van der Waals surface area contributed by atoms with Gasteiger partial charge < -0.3 is 4.74 Å². The highest BCUT2D eigenvalue weighted by Gasteiger charge is 2.08. The molecule has 2 rings (SSSR count). The van der Waals surface area contributed by atoms with E-state index in [-0.39, 0.29) is 0 Å². The zero-order valence-electron chi connectivity index (χ0n) is 15.4. The fraction of sp³-hybridized carbons (Fsp3) is 0.524. The highest BCUT2D eigenvalue weighted by molar-refractivity contribution is 5.63. The maximum atomic E-state index is 13.6. The molecule has 0 aliphatic heterocycles. The first-order valence-corrected chi connectivity index (χ1v) is 9.45.